The molecule has 1 atom stereocenters. The molecule has 1 aromatic heterocycles. The Morgan fingerprint density at radius 1 is 1.00 bits per heavy atom. The van der Waals surface area contributed by atoms with Gasteiger partial charge in [-0.25, -0.2) is 18.0 Å². The van der Waals surface area contributed by atoms with Gasteiger partial charge in [0.05, 0.1) is 11.8 Å². The van der Waals surface area contributed by atoms with Crippen LogP contribution in [0.5, 0.6) is 17.2 Å². The van der Waals surface area contributed by atoms with Crippen LogP contribution in [0.2, 0.25) is 0 Å². The summed E-state index contributed by atoms with van der Waals surface area (Å²) in [5, 5.41) is 0. The van der Waals surface area contributed by atoms with Crippen molar-refractivity contribution in [2.45, 2.75) is 13.0 Å². The van der Waals surface area contributed by atoms with Crippen molar-refractivity contribution in [1.82, 2.24) is 0 Å². The first kappa shape index (κ1) is 22.1. The molecule has 3 aromatic rings. The van der Waals surface area contributed by atoms with Gasteiger partial charge in [-0.1, -0.05) is 0 Å². The Morgan fingerprint density at radius 3 is 2.30 bits per heavy atom. The SMILES string of the molecule is CC(Oc1c(F)c(F)c(F)c(F)c1F)C(=O)Oc1ccc2c(c1)O/C(=C\c1ccco1)C2=O. The fourth-order valence-electron chi connectivity index (χ4n) is 2.85. The van der Waals surface area contributed by atoms with Crippen molar-refractivity contribution in [3.8, 4) is 17.2 Å². The molecule has 0 spiro atoms. The quantitative estimate of drug-likeness (QED) is 0.132. The molecule has 1 aliphatic rings. The number of ketones is 1. The van der Waals surface area contributed by atoms with Crippen LogP contribution in [-0.4, -0.2) is 17.9 Å². The number of rotatable bonds is 5. The molecule has 0 amide bonds. The van der Waals surface area contributed by atoms with Gasteiger partial charge in [-0.2, -0.15) is 8.78 Å². The standard InChI is InChI=1S/C22H11F5O6/c1-9(31-21-18(26)16(24)15(23)17(25)19(21)27)22(29)32-11-4-5-12-13(8-11)33-14(20(12)28)7-10-3-2-6-30-10/h2-9H,1H3/b14-7-. The van der Waals surface area contributed by atoms with Gasteiger partial charge in [-0.05, 0) is 31.2 Å². The number of allylic oxidation sites excluding steroid dienone is 1. The van der Waals surface area contributed by atoms with Crippen LogP contribution in [0.3, 0.4) is 0 Å². The predicted octanol–water partition coefficient (Wildman–Crippen LogP) is 4.96. The number of esters is 1. The fourth-order valence-corrected chi connectivity index (χ4v) is 2.85. The van der Waals surface area contributed by atoms with E-state index in [1.54, 1.807) is 12.1 Å². The molecule has 170 valence electrons. The van der Waals surface area contributed by atoms with Crippen LogP contribution in [0.4, 0.5) is 22.0 Å². The Balaban J connectivity index is 1.49. The van der Waals surface area contributed by atoms with Crippen molar-refractivity contribution >= 4 is 17.8 Å². The lowest BCUT2D eigenvalue weighted by atomic mass is 10.1. The third-order valence-electron chi connectivity index (χ3n) is 4.47. The molecular formula is C22H11F5O6. The number of benzene rings is 2. The summed E-state index contributed by atoms with van der Waals surface area (Å²) in [5.74, 6) is -14.3. The summed E-state index contributed by atoms with van der Waals surface area (Å²) in [7, 11) is 0. The lowest BCUT2D eigenvalue weighted by Crippen LogP contribution is -2.29. The summed E-state index contributed by atoms with van der Waals surface area (Å²) in [6.07, 6.45) is 1.02. The number of hydrogen-bond acceptors (Lipinski definition) is 6. The Hall–Kier alpha value is -4.15. The van der Waals surface area contributed by atoms with Crippen LogP contribution in [-0.2, 0) is 4.79 Å². The van der Waals surface area contributed by atoms with E-state index in [0.29, 0.717) is 5.76 Å². The normalized spacial score (nSPS) is 14.7. The molecular weight excluding hydrogens is 455 g/mol. The third-order valence-corrected chi connectivity index (χ3v) is 4.47. The summed E-state index contributed by atoms with van der Waals surface area (Å²) in [6.45, 7) is 0.984. The highest BCUT2D eigenvalue weighted by atomic mass is 19.2. The molecule has 0 saturated carbocycles. The van der Waals surface area contributed by atoms with Gasteiger partial charge in [0, 0.05) is 12.1 Å². The zero-order chi connectivity index (χ0) is 23.9. The average molecular weight is 466 g/mol. The van der Waals surface area contributed by atoms with Gasteiger partial charge >= 0.3 is 5.97 Å². The summed E-state index contributed by atoms with van der Waals surface area (Å²) in [6, 6.07) is 7.00. The van der Waals surface area contributed by atoms with Crippen molar-refractivity contribution in [2.75, 3.05) is 0 Å². The first-order valence-corrected chi connectivity index (χ1v) is 9.19. The maximum Gasteiger partial charge on any atom is 0.352 e. The fraction of sp³-hybridized carbons (Fsp3) is 0.0909. The van der Waals surface area contributed by atoms with E-state index in [2.05, 4.69) is 4.74 Å². The van der Waals surface area contributed by atoms with Gasteiger partial charge in [-0.3, -0.25) is 4.79 Å². The molecule has 2 aromatic carbocycles. The Morgan fingerprint density at radius 2 is 1.67 bits per heavy atom. The summed E-state index contributed by atoms with van der Waals surface area (Å²) < 4.78 is 87.5. The van der Waals surface area contributed by atoms with Crippen LogP contribution in [0.1, 0.15) is 23.0 Å². The molecule has 0 fully saturated rings. The van der Waals surface area contributed by atoms with Crippen LogP contribution in [0.15, 0.2) is 46.8 Å². The third kappa shape index (κ3) is 4.04. The molecule has 0 bridgehead atoms. The molecule has 1 aliphatic heterocycles. The number of Topliss-reactive ketones (excluding diaryl/α,β-unsaturated/α-hetero) is 1. The monoisotopic (exact) mass is 466 g/mol. The number of carbonyl (C=O) groups is 2. The highest BCUT2D eigenvalue weighted by Gasteiger charge is 2.31. The Bertz CT molecular complexity index is 1270. The van der Waals surface area contributed by atoms with E-state index in [0.717, 1.165) is 6.92 Å². The van der Waals surface area contributed by atoms with Gasteiger partial charge in [-0.15, -0.1) is 0 Å². The first-order chi connectivity index (χ1) is 15.7. The van der Waals surface area contributed by atoms with Crippen molar-refractivity contribution in [3.63, 3.8) is 0 Å². The minimum atomic E-state index is -2.36. The number of ether oxygens (including phenoxy) is 3. The number of hydrogen-bond donors (Lipinski definition) is 0. The number of halogens is 5. The highest BCUT2D eigenvalue weighted by molar-refractivity contribution is 6.14. The Labute approximate surface area is 181 Å². The van der Waals surface area contributed by atoms with Crippen molar-refractivity contribution in [3.05, 3.63) is 82.8 Å². The second-order valence-corrected chi connectivity index (χ2v) is 6.69. The topological polar surface area (TPSA) is 75.0 Å². The molecule has 6 nitrogen and oxygen atoms in total. The molecule has 0 N–H and O–H groups in total. The maximum absolute atomic E-state index is 13.8. The van der Waals surface area contributed by atoms with Gasteiger partial charge < -0.3 is 18.6 Å². The molecule has 2 heterocycles. The van der Waals surface area contributed by atoms with Crippen molar-refractivity contribution < 1.29 is 50.2 Å². The van der Waals surface area contributed by atoms with E-state index >= 15 is 0 Å². The van der Waals surface area contributed by atoms with Crippen LogP contribution >= 0.6 is 0 Å². The molecule has 1 unspecified atom stereocenters. The van der Waals surface area contributed by atoms with E-state index in [-0.39, 0.29) is 22.8 Å². The minimum Gasteiger partial charge on any atom is -0.473 e. The van der Waals surface area contributed by atoms with E-state index < -0.39 is 52.7 Å². The van der Waals surface area contributed by atoms with Gasteiger partial charge in [0.15, 0.2) is 17.6 Å². The van der Waals surface area contributed by atoms with Gasteiger partial charge in [0.1, 0.15) is 17.3 Å². The van der Waals surface area contributed by atoms with Crippen LogP contribution < -0.4 is 14.2 Å². The summed E-state index contributed by atoms with van der Waals surface area (Å²) in [4.78, 5) is 24.6. The first-order valence-electron chi connectivity index (χ1n) is 9.19. The second-order valence-electron chi connectivity index (χ2n) is 6.69. The largest absolute Gasteiger partial charge is 0.473 e. The molecule has 0 aliphatic carbocycles. The molecule has 0 saturated heterocycles. The zero-order valence-electron chi connectivity index (χ0n) is 16.5. The Kier molecular flexibility index (Phi) is 5.62. The minimum absolute atomic E-state index is 0.0357. The van der Waals surface area contributed by atoms with Crippen LogP contribution in [0, 0.1) is 29.1 Å². The average Bonchev–Trinajstić information content (AvgIpc) is 3.42. The number of fused-ring (bicyclic) bond motifs is 1. The van der Waals surface area contributed by atoms with Crippen LogP contribution in [0.25, 0.3) is 6.08 Å². The smallest absolute Gasteiger partial charge is 0.352 e. The molecule has 33 heavy (non-hydrogen) atoms. The summed E-state index contributed by atoms with van der Waals surface area (Å²) in [5.41, 5.74) is 0.179. The van der Waals surface area contributed by atoms with E-state index in [9.17, 15) is 31.5 Å². The zero-order valence-corrected chi connectivity index (χ0v) is 16.5. The molecule has 11 heteroatoms. The summed E-state index contributed by atoms with van der Waals surface area (Å²) >= 11 is 0. The predicted molar refractivity (Wildman–Crippen MR) is 100 cm³/mol. The number of carbonyl (C=O) groups excluding carboxylic acids is 2. The van der Waals surface area contributed by atoms with Crippen molar-refractivity contribution in [2.24, 2.45) is 0 Å². The van der Waals surface area contributed by atoms with E-state index in [1.165, 1.54) is 30.5 Å². The van der Waals surface area contributed by atoms with Gasteiger partial charge in [0.2, 0.25) is 34.9 Å². The lowest BCUT2D eigenvalue weighted by molar-refractivity contribution is -0.141. The highest BCUT2D eigenvalue weighted by Crippen LogP contribution is 2.35. The lowest BCUT2D eigenvalue weighted by Gasteiger charge is -2.15. The van der Waals surface area contributed by atoms with E-state index in [4.69, 9.17) is 13.9 Å². The molecule has 0 radical (unpaired) electrons. The maximum atomic E-state index is 13.8. The van der Waals surface area contributed by atoms with Gasteiger partial charge in [0.25, 0.3) is 0 Å². The van der Waals surface area contributed by atoms with E-state index in [1.807, 2.05) is 0 Å². The van der Waals surface area contributed by atoms with Crippen molar-refractivity contribution in [1.29, 1.82) is 0 Å². The second kappa shape index (κ2) is 8.41. The molecule has 4 rings (SSSR count). The number of furan rings is 1.